The number of rotatable bonds is 6. The molecule has 0 saturated carbocycles. The molecule has 0 saturated heterocycles. The number of hydrogen-bond acceptors (Lipinski definition) is 3. The molecular weight excluding hydrogens is 361 g/mol. The standard InChI is InChI=1S/C18H15Cl2N3O2/c19-17-18(20)23(12-21-17)10-16(24)22-14-6-8-15(9-7-14)25-11-13-4-2-1-3-5-13/h1-9,12H,10-11H2,(H,22,24). The number of hydrogen-bond donors (Lipinski definition) is 1. The minimum atomic E-state index is -0.228. The Morgan fingerprint density at radius 3 is 2.44 bits per heavy atom. The van der Waals surface area contributed by atoms with Crippen molar-refractivity contribution < 1.29 is 9.53 Å². The number of amides is 1. The van der Waals surface area contributed by atoms with E-state index in [0.717, 1.165) is 11.3 Å². The van der Waals surface area contributed by atoms with Gasteiger partial charge in [-0.1, -0.05) is 53.5 Å². The fourth-order valence-corrected chi connectivity index (χ4v) is 2.49. The van der Waals surface area contributed by atoms with Gasteiger partial charge >= 0.3 is 0 Å². The third kappa shape index (κ3) is 4.75. The summed E-state index contributed by atoms with van der Waals surface area (Å²) in [6.45, 7) is 0.525. The summed E-state index contributed by atoms with van der Waals surface area (Å²) < 4.78 is 7.18. The van der Waals surface area contributed by atoms with Gasteiger partial charge in [0.05, 0.1) is 6.33 Å². The van der Waals surface area contributed by atoms with Gasteiger partial charge in [-0.25, -0.2) is 4.98 Å². The van der Waals surface area contributed by atoms with Crippen LogP contribution < -0.4 is 10.1 Å². The molecule has 0 spiro atoms. The summed E-state index contributed by atoms with van der Waals surface area (Å²) in [6, 6.07) is 17.1. The van der Waals surface area contributed by atoms with Crippen LogP contribution >= 0.6 is 23.2 Å². The Bertz CT molecular complexity index is 849. The molecule has 25 heavy (non-hydrogen) atoms. The van der Waals surface area contributed by atoms with Gasteiger partial charge < -0.3 is 14.6 Å². The van der Waals surface area contributed by atoms with Gasteiger partial charge in [0.15, 0.2) is 5.15 Å². The van der Waals surface area contributed by atoms with Gasteiger partial charge in [0.2, 0.25) is 5.91 Å². The maximum absolute atomic E-state index is 12.0. The summed E-state index contributed by atoms with van der Waals surface area (Å²) in [7, 11) is 0. The monoisotopic (exact) mass is 375 g/mol. The van der Waals surface area contributed by atoms with E-state index >= 15 is 0 Å². The molecule has 1 aromatic heterocycles. The number of anilines is 1. The van der Waals surface area contributed by atoms with E-state index in [2.05, 4.69) is 10.3 Å². The highest BCUT2D eigenvalue weighted by Gasteiger charge is 2.10. The normalized spacial score (nSPS) is 10.5. The van der Waals surface area contributed by atoms with Crippen LogP contribution in [0.3, 0.4) is 0 Å². The Hall–Kier alpha value is -2.50. The largest absolute Gasteiger partial charge is 0.489 e. The number of carbonyl (C=O) groups excluding carboxylic acids is 1. The first-order valence-electron chi connectivity index (χ1n) is 7.54. The summed E-state index contributed by atoms with van der Waals surface area (Å²) in [6.07, 6.45) is 1.42. The van der Waals surface area contributed by atoms with Gasteiger partial charge in [-0.05, 0) is 29.8 Å². The maximum atomic E-state index is 12.0. The summed E-state index contributed by atoms with van der Waals surface area (Å²) in [5.74, 6) is 0.500. The van der Waals surface area contributed by atoms with Crippen LogP contribution in [0.5, 0.6) is 5.75 Å². The third-order valence-corrected chi connectivity index (χ3v) is 4.20. The number of aromatic nitrogens is 2. The number of carbonyl (C=O) groups is 1. The predicted octanol–water partition coefficient (Wildman–Crippen LogP) is 4.41. The lowest BCUT2D eigenvalue weighted by Crippen LogP contribution is -2.18. The fraction of sp³-hybridized carbons (Fsp3) is 0.111. The molecule has 2 aromatic carbocycles. The second-order valence-corrected chi connectivity index (χ2v) is 6.02. The van der Waals surface area contributed by atoms with E-state index in [0.29, 0.717) is 12.3 Å². The SMILES string of the molecule is O=C(Cn1cnc(Cl)c1Cl)Nc1ccc(OCc2ccccc2)cc1. The van der Waals surface area contributed by atoms with E-state index < -0.39 is 0 Å². The van der Waals surface area contributed by atoms with Crippen molar-refractivity contribution in [3.05, 3.63) is 76.8 Å². The number of ether oxygens (including phenoxy) is 1. The van der Waals surface area contributed by atoms with Crippen LogP contribution in [-0.4, -0.2) is 15.5 Å². The molecule has 3 rings (SSSR count). The molecule has 0 aliphatic rings. The molecular formula is C18H15Cl2N3O2. The second kappa shape index (κ2) is 8.05. The van der Waals surface area contributed by atoms with Gasteiger partial charge in [-0.15, -0.1) is 0 Å². The highest BCUT2D eigenvalue weighted by atomic mass is 35.5. The first-order chi connectivity index (χ1) is 12.1. The number of benzene rings is 2. The van der Waals surface area contributed by atoms with Crippen LogP contribution in [0, 0.1) is 0 Å². The topological polar surface area (TPSA) is 56.2 Å². The van der Waals surface area contributed by atoms with Gasteiger partial charge in [0.25, 0.3) is 0 Å². The highest BCUT2D eigenvalue weighted by Crippen LogP contribution is 2.20. The maximum Gasteiger partial charge on any atom is 0.244 e. The second-order valence-electron chi connectivity index (χ2n) is 5.30. The average molecular weight is 376 g/mol. The predicted molar refractivity (Wildman–Crippen MR) is 98.1 cm³/mol. The molecule has 0 bridgehead atoms. The highest BCUT2D eigenvalue weighted by molar-refractivity contribution is 6.40. The van der Waals surface area contributed by atoms with E-state index in [1.54, 1.807) is 24.3 Å². The Labute approximate surface area is 155 Å². The average Bonchev–Trinajstić information content (AvgIpc) is 2.94. The first kappa shape index (κ1) is 17.3. The van der Waals surface area contributed by atoms with E-state index in [1.807, 2.05) is 30.3 Å². The van der Waals surface area contributed by atoms with Crippen molar-refractivity contribution in [1.29, 1.82) is 0 Å². The Morgan fingerprint density at radius 1 is 1.08 bits per heavy atom. The molecule has 7 heteroatoms. The van der Waals surface area contributed by atoms with E-state index in [9.17, 15) is 4.79 Å². The zero-order valence-electron chi connectivity index (χ0n) is 13.2. The quantitative estimate of drug-likeness (QED) is 0.694. The zero-order valence-corrected chi connectivity index (χ0v) is 14.7. The molecule has 0 atom stereocenters. The van der Waals surface area contributed by atoms with E-state index in [1.165, 1.54) is 10.9 Å². The van der Waals surface area contributed by atoms with Crippen LogP contribution in [0.15, 0.2) is 60.9 Å². The molecule has 0 aliphatic heterocycles. The number of nitrogens with zero attached hydrogens (tertiary/aromatic N) is 2. The molecule has 128 valence electrons. The molecule has 5 nitrogen and oxygen atoms in total. The number of imidazole rings is 1. The summed E-state index contributed by atoms with van der Waals surface area (Å²) in [5, 5.41) is 3.20. The van der Waals surface area contributed by atoms with Gasteiger partial charge in [0, 0.05) is 5.69 Å². The summed E-state index contributed by atoms with van der Waals surface area (Å²) in [5.41, 5.74) is 1.76. The van der Waals surface area contributed by atoms with Crippen LogP contribution in [0.2, 0.25) is 10.3 Å². The molecule has 0 unspecified atom stereocenters. The van der Waals surface area contributed by atoms with Gasteiger partial charge in [-0.3, -0.25) is 4.79 Å². The third-order valence-electron chi connectivity index (χ3n) is 3.43. The van der Waals surface area contributed by atoms with Crippen LogP contribution in [0.25, 0.3) is 0 Å². The van der Waals surface area contributed by atoms with Gasteiger partial charge in [0.1, 0.15) is 24.1 Å². The minimum Gasteiger partial charge on any atom is -0.489 e. The lowest BCUT2D eigenvalue weighted by atomic mass is 10.2. The Balaban J connectivity index is 1.53. The van der Waals surface area contributed by atoms with Gasteiger partial charge in [-0.2, -0.15) is 0 Å². The zero-order chi connectivity index (χ0) is 17.6. The molecule has 0 radical (unpaired) electrons. The number of halogens is 2. The van der Waals surface area contributed by atoms with Crippen molar-refractivity contribution in [2.45, 2.75) is 13.2 Å². The van der Waals surface area contributed by atoms with Crippen LogP contribution in [0.4, 0.5) is 5.69 Å². The number of nitrogens with one attached hydrogen (secondary N) is 1. The fourth-order valence-electron chi connectivity index (χ4n) is 2.18. The van der Waals surface area contributed by atoms with E-state index in [-0.39, 0.29) is 22.8 Å². The molecule has 1 amide bonds. The van der Waals surface area contributed by atoms with Crippen molar-refractivity contribution in [3.63, 3.8) is 0 Å². The molecule has 1 heterocycles. The molecule has 0 aliphatic carbocycles. The van der Waals surface area contributed by atoms with Crippen molar-refractivity contribution in [1.82, 2.24) is 9.55 Å². The molecule has 1 N–H and O–H groups in total. The molecule has 3 aromatic rings. The van der Waals surface area contributed by atoms with Crippen molar-refractivity contribution in [2.24, 2.45) is 0 Å². The smallest absolute Gasteiger partial charge is 0.244 e. The minimum absolute atomic E-state index is 0.0326. The van der Waals surface area contributed by atoms with Crippen LogP contribution in [0.1, 0.15) is 5.56 Å². The summed E-state index contributed by atoms with van der Waals surface area (Å²) >= 11 is 11.7. The van der Waals surface area contributed by atoms with Crippen molar-refractivity contribution in [2.75, 3.05) is 5.32 Å². The van der Waals surface area contributed by atoms with Crippen LogP contribution in [-0.2, 0) is 17.9 Å². The first-order valence-corrected chi connectivity index (χ1v) is 8.30. The van der Waals surface area contributed by atoms with E-state index in [4.69, 9.17) is 27.9 Å². The van der Waals surface area contributed by atoms with Crippen molar-refractivity contribution >= 4 is 34.8 Å². The lowest BCUT2D eigenvalue weighted by molar-refractivity contribution is -0.116. The summed E-state index contributed by atoms with van der Waals surface area (Å²) in [4.78, 5) is 15.9. The Kier molecular flexibility index (Phi) is 5.58. The van der Waals surface area contributed by atoms with Crippen molar-refractivity contribution in [3.8, 4) is 5.75 Å². The Morgan fingerprint density at radius 2 is 1.80 bits per heavy atom. The molecule has 0 fully saturated rings. The lowest BCUT2D eigenvalue weighted by Gasteiger charge is -2.09.